The van der Waals surface area contributed by atoms with E-state index in [1.54, 1.807) is 6.07 Å². The van der Waals surface area contributed by atoms with Gasteiger partial charge in [0.05, 0.1) is 19.8 Å². The average molecular weight is 366 g/mol. The Morgan fingerprint density at radius 3 is 2.85 bits per heavy atom. The first-order valence-electron chi connectivity index (χ1n) is 9.01. The van der Waals surface area contributed by atoms with Crippen molar-refractivity contribution >= 4 is 16.9 Å². The molecule has 6 nitrogen and oxygen atoms in total. The van der Waals surface area contributed by atoms with E-state index < -0.39 is 6.04 Å². The van der Waals surface area contributed by atoms with Crippen LogP contribution < -0.4 is 10.1 Å². The topological polar surface area (TPSA) is 83.6 Å². The number of esters is 1. The summed E-state index contributed by atoms with van der Waals surface area (Å²) in [7, 11) is 1.40. The zero-order valence-electron chi connectivity index (χ0n) is 15.3. The second kappa shape index (κ2) is 6.96. The van der Waals surface area contributed by atoms with Gasteiger partial charge in [-0.25, -0.2) is 0 Å². The van der Waals surface area contributed by atoms with Gasteiger partial charge < -0.3 is 19.6 Å². The number of aromatic nitrogens is 1. The van der Waals surface area contributed by atoms with E-state index in [0.29, 0.717) is 18.8 Å². The van der Waals surface area contributed by atoms with E-state index in [1.807, 2.05) is 37.3 Å². The van der Waals surface area contributed by atoms with Crippen molar-refractivity contribution in [1.29, 1.82) is 0 Å². The summed E-state index contributed by atoms with van der Waals surface area (Å²) in [6, 6.07) is 12.6. The molecule has 0 aliphatic carbocycles. The predicted octanol–water partition coefficient (Wildman–Crippen LogP) is 3.05. The number of hydrogen-bond acceptors (Lipinski definition) is 5. The molecule has 1 aromatic heterocycles. The van der Waals surface area contributed by atoms with Crippen molar-refractivity contribution in [3.8, 4) is 11.5 Å². The lowest BCUT2D eigenvalue weighted by Gasteiger charge is -2.30. The number of fused-ring (bicyclic) bond motifs is 3. The molecule has 3 aromatic rings. The molecule has 140 valence electrons. The van der Waals surface area contributed by atoms with Crippen molar-refractivity contribution < 1.29 is 19.4 Å². The first-order chi connectivity index (χ1) is 13.1. The second-order valence-electron chi connectivity index (χ2n) is 6.60. The van der Waals surface area contributed by atoms with Crippen LogP contribution in [0.3, 0.4) is 0 Å². The zero-order valence-corrected chi connectivity index (χ0v) is 15.3. The number of para-hydroxylation sites is 1. The molecule has 0 amide bonds. The average Bonchev–Trinajstić information content (AvgIpc) is 3.07. The van der Waals surface area contributed by atoms with Crippen LogP contribution in [0.1, 0.15) is 29.8 Å². The van der Waals surface area contributed by atoms with E-state index in [9.17, 15) is 9.90 Å². The number of H-pyrrole nitrogens is 1. The van der Waals surface area contributed by atoms with Gasteiger partial charge in [-0.15, -0.1) is 0 Å². The van der Waals surface area contributed by atoms with Gasteiger partial charge in [0.1, 0.15) is 6.04 Å². The van der Waals surface area contributed by atoms with Crippen LogP contribution in [0, 0.1) is 0 Å². The fraction of sp³-hybridized carbons (Fsp3) is 0.286. The fourth-order valence-corrected chi connectivity index (χ4v) is 3.77. The molecule has 27 heavy (non-hydrogen) atoms. The Balaban J connectivity index is 1.84. The Labute approximate surface area is 157 Å². The van der Waals surface area contributed by atoms with Crippen LogP contribution in [-0.2, 0) is 16.0 Å². The lowest BCUT2D eigenvalue weighted by atomic mass is 9.90. The smallest absolute Gasteiger partial charge is 0.323 e. The number of aromatic amines is 1. The summed E-state index contributed by atoms with van der Waals surface area (Å²) in [6.45, 7) is 2.32. The van der Waals surface area contributed by atoms with Crippen LogP contribution in [0.25, 0.3) is 10.9 Å². The van der Waals surface area contributed by atoms with Crippen LogP contribution in [0.2, 0.25) is 0 Å². The normalized spacial score (nSPS) is 18.9. The van der Waals surface area contributed by atoms with Gasteiger partial charge >= 0.3 is 5.97 Å². The molecule has 0 unspecified atom stereocenters. The summed E-state index contributed by atoms with van der Waals surface area (Å²) in [4.78, 5) is 15.8. The summed E-state index contributed by atoms with van der Waals surface area (Å²) in [5.41, 5.74) is 4.06. The number of aromatic hydroxyl groups is 1. The number of phenols is 1. The Kier molecular flexibility index (Phi) is 4.49. The van der Waals surface area contributed by atoms with Gasteiger partial charge in [0, 0.05) is 23.0 Å². The van der Waals surface area contributed by atoms with Crippen molar-refractivity contribution in [1.82, 2.24) is 10.3 Å². The number of phenolic OH excluding ortho intramolecular Hbond substituents is 1. The van der Waals surface area contributed by atoms with E-state index >= 15 is 0 Å². The number of benzene rings is 2. The highest BCUT2D eigenvalue weighted by Crippen LogP contribution is 2.38. The Hall–Kier alpha value is -2.99. The van der Waals surface area contributed by atoms with Gasteiger partial charge in [-0.1, -0.05) is 24.3 Å². The molecule has 2 heterocycles. The number of ether oxygens (including phenoxy) is 2. The quantitative estimate of drug-likeness (QED) is 0.618. The van der Waals surface area contributed by atoms with Crippen molar-refractivity contribution in [2.45, 2.75) is 25.4 Å². The number of methoxy groups -OCH3 is 1. The SMILES string of the molecule is CCOc1cc([C@@H]2N[C@H](C(=O)OC)Cc3c2[nH]c2ccccc32)ccc1O. The number of nitrogens with one attached hydrogen (secondary N) is 2. The van der Waals surface area contributed by atoms with Gasteiger partial charge in [0.15, 0.2) is 11.5 Å². The summed E-state index contributed by atoms with van der Waals surface area (Å²) in [5, 5.41) is 14.5. The third kappa shape index (κ3) is 3.02. The fourth-order valence-electron chi connectivity index (χ4n) is 3.77. The van der Waals surface area contributed by atoms with Gasteiger partial charge in [0.25, 0.3) is 0 Å². The molecule has 4 rings (SSSR count). The highest BCUT2D eigenvalue weighted by molar-refractivity contribution is 5.87. The van der Waals surface area contributed by atoms with E-state index in [0.717, 1.165) is 27.7 Å². The Bertz CT molecular complexity index is 995. The molecule has 2 aromatic carbocycles. The molecule has 1 aliphatic rings. The minimum Gasteiger partial charge on any atom is -0.504 e. The minimum absolute atomic E-state index is 0.0952. The molecule has 0 saturated carbocycles. The van der Waals surface area contributed by atoms with E-state index in [1.165, 1.54) is 7.11 Å². The lowest BCUT2D eigenvalue weighted by molar-refractivity contribution is -0.143. The summed E-state index contributed by atoms with van der Waals surface area (Å²) in [6.07, 6.45) is 0.554. The molecule has 0 saturated heterocycles. The largest absolute Gasteiger partial charge is 0.504 e. The zero-order chi connectivity index (χ0) is 19.0. The maximum absolute atomic E-state index is 12.3. The molecule has 0 fully saturated rings. The molecule has 3 N–H and O–H groups in total. The first kappa shape index (κ1) is 17.4. The van der Waals surface area contributed by atoms with E-state index in [-0.39, 0.29) is 17.8 Å². The number of carbonyl (C=O) groups excluding carboxylic acids is 1. The number of rotatable bonds is 4. The van der Waals surface area contributed by atoms with Crippen LogP contribution >= 0.6 is 0 Å². The van der Waals surface area contributed by atoms with Crippen molar-refractivity contribution in [2.75, 3.05) is 13.7 Å². The molecule has 1 aliphatic heterocycles. The van der Waals surface area contributed by atoms with Gasteiger partial charge in [-0.2, -0.15) is 0 Å². The van der Waals surface area contributed by atoms with Crippen molar-refractivity contribution in [2.24, 2.45) is 0 Å². The third-order valence-electron chi connectivity index (χ3n) is 5.01. The van der Waals surface area contributed by atoms with Crippen LogP contribution in [0.4, 0.5) is 0 Å². The molecule has 2 atom stereocenters. The van der Waals surface area contributed by atoms with Gasteiger partial charge in [-0.05, 0) is 36.2 Å². The first-order valence-corrected chi connectivity index (χ1v) is 9.01. The lowest BCUT2D eigenvalue weighted by Crippen LogP contribution is -2.45. The van der Waals surface area contributed by atoms with Crippen LogP contribution in [0.5, 0.6) is 11.5 Å². The van der Waals surface area contributed by atoms with Crippen molar-refractivity contribution in [3.05, 3.63) is 59.3 Å². The third-order valence-corrected chi connectivity index (χ3v) is 5.01. The van der Waals surface area contributed by atoms with E-state index in [4.69, 9.17) is 9.47 Å². The Morgan fingerprint density at radius 2 is 2.07 bits per heavy atom. The number of hydrogen-bond donors (Lipinski definition) is 3. The van der Waals surface area contributed by atoms with Crippen molar-refractivity contribution in [3.63, 3.8) is 0 Å². The molecule has 0 bridgehead atoms. The summed E-state index contributed by atoms with van der Waals surface area (Å²) >= 11 is 0. The predicted molar refractivity (Wildman–Crippen MR) is 102 cm³/mol. The van der Waals surface area contributed by atoms with Gasteiger partial charge in [0.2, 0.25) is 0 Å². The van der Waals surface area contributed by atoms with Crippen LogP contribution in [-0.4, -0.2) is 35.8 Å². The highest BCUT2D eigenvalue weighted by atomic mass is 16.5. The summed E-state index contributed by atoms with van der Waals surface area (Å²) in [5.74, 6) is 0.229. The Morgan fingerprint density at radius 1 is 1.26 bits per heavy atom. The molecular formula is C21H22N2O4. The molecule has 0 radical (unpaired) electrons. The van der Waals surface area contributed by atoms with Crippen LogP contribution in [0.15, 0.2) is 42.5 Å². The summed E-state index contributed by atoms with van der Waals surface area (Å²) < 4.78 is 10.5. The standard InChI is InChI=1S/C21H22N2O4/c1-3-27-18-10-12(8-9-17(18)24)19-20-14(11-16(23-19)21(25)26-2)13-6-4-5-7-15(13)22-20/h4-10,16,19,22-24H,3,11H2,1-2H3/t16-,19-/m0/s1. The van der Waals surface area contributed by atoms with Gasteiger partial charge in [-0.3, -0.25) is 10.1 Å². The molecular weight excluding hydrogens is 344 g/mol. The van der Waals surface area contributed by atoms with E-state index in [2.05, 4.69) is 16.4 Å². The highest BCUT2D eigenvalue weighted by Gasteiger charge is 2.34. The molecule has 6 heteroatoms. The second-order valence-corrected chi connectivity index (χ2v) is 6.60. The maximum atomic E-state index is 12.3. The monoisotopic (exact) mass is 366 g/mol. The number of carbonyl (C=O) groups is 1. The maximum Gasteiger partial charge on any atom is 0.323 e. The minimum atomic E-state index is -0.448. The molecule has 0 spiro atoms.